The van der Waals surface area contributed by atoms with Gasteiger partial charge in [0.1, 0.15) is 5.75 Å². The lowest BCUT2D eigenvalue weighted by Gasteiger charge is -2.46. The summed E-state index contributed by atoms with van der Waals surface area (Å²) in [7, 11) is 1.66. The highest BCUT2D eigenvalue weighted by Gasteiger charge is 2.43. The van der Waals surface area contributed by atoms with E-state index in [9.17, 15) is 5.11 Å². The van der Waals surface area contributed by atoms with E-state index in [4.69, 9.17) is 10.5 Å². The molecule has 3 N–H and O–H groups in total. The summed E-state index contributed by atoms with van der Waals surface area (Å²) in [5.74, 6) is 1.11. The summed E-state index contributed by atoms with van der Waals surface area (Å²) in [5, 5.41) is 9.62. The van der Waals surface area contributed by atoms with Crippen LogP contribution in [0.5, 0.6) is 5.75 Å². The van der Waals surface area contributed by atoms with Crippen molar-refractivity contribution in [3.63, 3.8) is 0 Å². The Morgan fingerprint density at radius 2 is 2.00 bits per heavy atom. The lowest BCUT2D eigenvalue weighted by atomic mass is 9.60. The van der Waals surface area contributed by atoms with E-state index < -0.39 is 0 Å². The van der Waals surface area contributed by atoms with Gasteiger partial charge in [-0.25, -0.2) is 0 Å². The van der Waals surface area contributed by atoms with Gasteiger partial charge in [-0.1, -0.05) is 18.6 Å². The van der Waals surface area contributed by atoms with E-state index in [2.05, 4.69) is 12.1 Å². The first-order valence-corrected chi connectivity index (χ1v) is 6.20. The lowest BCUT2D eigenvalue weighted by molar-refractivity contribution is 0.0192. The van der Waals surface area contributed by atoms with E-state index in [1.807, 2.05) is 12.1 Å². The van der Waals surface area contributed by atoms with E-state index in [-0.39, 0.29) is 17.9 Å². The van der Waals surface area contributed by atoms with Crippen LogP contribution in [0, 0.1) is 5.41 Å². The van der Waals surface area contributed by atoms with Crippen molar-refractivity contribution in [2.24, 2.45) is 11.1 Å². The van der Waals surface area contributed by atoms with Gasteiger partial charge < -0.3 is 15.6 Å². The highest BCUT2D eigenvalue weighted by Crippen LogP contribution is 2.50. The SMILES string of the molecule is COc1ccc(C(CN)C2(CO)CCC2)cc1. The van der Waals surface area contributed by atoms with Gasteiger partial charge in [0, 0.05) is 17.9 Å². The number of aliphatic hydroxyl groups is 1. The van der Waals surface area contributed by atoms with Crippen molar-refractivity contribution in [3.8, 4) is 5.75 Å². The van der Waals surface area contributed by atoms with Crippen LogP contribution in [-0.2, 0) is 0 Å². The van der Waals surface area contributed by atoms with Crippen LogP contribution in [0.25, 0.3) is 0 Å². The maximum absolute atomic E-state index is 9.62. The molecule has 1 unspecified atom stereocenters. The van der Waals surface area contributed by atoms with Crippen molar-refractivity contribution >= 4 is 0 Å². The summed E-state index contributed by atoms with van der Waals surface area (Å²) in [4.78, 5) is 0. The van der Waals surface area contributed by atoms with E-state index in [1.54, 1.807) is 7.11 Å². The summed E-state index contributed by atoms with van der Waals surface area (Å²) < 4.78 is 5.15. The smallest absolute Gasteiger partial charge is 0.118 e. The van der Waals surface area contributed by atoms with Gasteiger partial charge in [0.05, 0.1) is 7.11 Å². The van der Waals surface area contributed by atoms with Gasteiger partial charge in [-0.3, -0.25) is 0 Å². The number of hydrogen-bond donors (Lipinski definition) is 2. The molecule has 0 saturated heterocycles. The second-order valence-electron chi connectivity index (χ2n) is 4.94. The number of methoxy groups -OCH3 is 1. The van der Waals surface area contributed by atoms with Gasteiger partial charge in [0.25, 0.3) is 0 Å². The zero-order valence-electron chi connectivity index (χ0n) is 10.4. The summed E-state index contributed by atoms with van der Waals surface area (Å²) in [5.41, 5.74) is 7.13. The van der Waals surface area contributed by atoms with Crippen molar-refractivity contribution < 1.29 is 9.84 Å². The second-order valence-corrected chi connectivity index (χ2v) is 4.94. The van der Waals surface area contributed by atoms with Gasteiger partial charge >= 0.3 is 0 Å². The highest BCUT2D eigenvalue weighted by atomic mass is 16.5. The van der Waals surface area contributed by atoms with E-state index in [0.717, 1.165) is 18.6 Å². The molecule has 1 aliphatic carbocycles. The normalized spacial score (nSPS) is 19.5. The molecular weight excluding hydrogens is 214 g/mol. The molecule has 94 valence electrons. The number of ether oxygens (including phenoxy) is 1. The Balaban J connectivity index is 2.22. The lowest BCUT2D eigenvalue weighted by Crippen LogP contribution is -2.42. The van der Waals surface area contributed by atoms with Crippen molar-refractivity contribution in [1.82, 2.24) is 0 Å². The summed E-state index contributed by atoms with van der Waals surface area (Å²) in [6.07, 6.45) is 3.36. The molecule has 1 aromatic rings. The minimum Gasteiger partial charge on any atom is -0.497 e. The molecule has 3 heteroatoms. The van der Waals surface area contributed by atoms with Crippen LogP contribution in [-0.4, -0.2) is 25.4 Å². The van der Waals surface area contributed by atoms with Gasteiger partial charge in [-0.2, -0.15) is 0 Å². The third kappa shape index (κ3) is 2.17. The maximum atomic E-state index is 9.62. The van der Waals surface area contributed by atoms with E-state index in [1.165, 1.54) is 12.0 Å². The minimum atomic E-state index is 0.0172. The first-order chi connectivity index (χ1) is 8.25. The fraction of sp³-hybridized carbons (Fsp3) is 0.571. The molecule has 1 aliphatic rings. The Bertz CT molecular complexity index is 351. The minimum absolute atomic E-state index is 0.0172. The quantitative estimate of drug-likeness (QED) is 0.819. The number of nitrogens with two attached hydrogens (primary N) is 1. The Labute approximate surface area is 103 Å². The first-order valence-electron chi connectivity index (χ1n) is 6.20. The van der Waals surface area contributed by atoms with Crippen LogP contribution in [0.3, 0.4) is 0 Å². The van der Waals surface area contributed by atoms with E-state index >= 15 is 0 Å². The predicted molar refractivity (Wildman–Crippen MR) is 68.2 cm³/mol. The third-order valence-electron chi connectivity index (χ3n) is 4.16. The molecular formula is C14H21NO2. The molecule has 0 spiro atoms. The topological polar surface area (TPSA) is 55.5 Å². The molecule has 1 atom stereocenters. The molecule has 2 rings (SSSR count). The van der Waals surface area contributed by atoms with Crippen LogP contribution >= 0.6 is 0 Å². The van der Waals surface area contributed by atoms with Gasteiger partial charge in [0.2, 0.25) is 0 Å². The largest absolute Gasteiger partial charge is 0.497 e. The van der Waals surface area contributed by atoms with Crippen molar-refractivity contribution in [2.45, 2.75) is 25.2 Å². The fourth-order valence-corrected chi connectivity index (χ4v) is 2.82. The average molecular weight is 235 g/mol. The van der Waals surface area contributed by atoms with Gasteiger partial charge in [-0.05, 0) is 37.1 Å². The summed E-state index contributed by atoms with van der Waals surface area (Å²) in [6.45, 7) is 0.827. The monoisotopic (exact) mass is 235 g/mol. The average Bonchev–Trinajstić information content (AvgIpc) is 2.34. The van der Waals surface area contributed by atoms with Crippen LogP contribution in [0.4, 0.5) is 0 Å². The molecule has 3 nitrogen and oxygen atoms in total. The van der Waals surface area contributed by atoms with Gasteiger partial charge in [0.15, 0.2) is 0 Å². The summed E-state index contributed by atoms with van der Waals surface area (Å²) >= 11 is 0. The van der Waals surface area contributed by atoms with Crippen molar-refractivity contribution in [2.75, 3.05) is 20.3 Å². The van der Waals surface area contributed by atoms with Crippen LogP contribution in [0.1, 0.15) is 30.7 Å². The number of aliphatic hydroxyl groups excluding tert-OH is 1. The predicted octanol–water partition coefficient (Wildman–Crippen LogP) is 1.90. The van der Waals surface area contributed by atoms with E-state index in [0.29, 0.717) is 6.54 Å². The Morgan fingerprint density at radius 1 is 1.35 bits per heavy atom. The van der Waals surface area contributed by atoms with Crippen LogP contribution < -0.4 is 10.5 Å². The number of rotatable bonds is 5. The highest BCUT2D eigenvalue weighted by molar-refractivity contribution is 5.31. The zero-order chi connectivity index (χ0) is 12.3. The number of hydrogen-bond acceptors (Lipinski definition) is 3. The zero-order valence-corrected chi connectivity index (χ0v) is 10.4. The Hall–Kier alpha value is -1.06. The van der Waals surface area contributed by atoms with Crippen LogP contribution in [0.15, 0.2) is 24.3 Å². The molecule has 1 fully saturated rings. The standard InChI is InChI=1S/C14H21NO2/c1-17-12-5-3-11(4-6-12)13(9-15)14(10-16)7-2-8-14/h3-6,13,16H,2,7-10,15H2,1H3. The fourth-order valence-electron chi connectivity index (χ4n) is 2.82. The van der Waals surface area contributed by atoms with Crippen molar-refractivity contribution in [1.29, 1.82) is 0 Å². The molecule has 17 heavy (non-hydrogen) atoms. The molecule has 0 aliphatic heterocycles. The van der Waals surface area contributed by atoms with Crippen molar-refractivity contribution in [3.05, 3.63) is 29.8 Å². The molecule has 0 aromatic heterocycles. The Morgan fingerprint density at radius 3 is 2.35 bits per heavy atom. The van der Waals surface area contributed by atoms with Gasteiger partial charge in [-0.15, -0.1) is 0 Å². The molecule has 1 aromatic carbocycles. The molecule has 0 bridgehead atoms. The molecule has 1 saturated carbocycles. The summed E-state index contributed by atoms with van der Waals surface area (Å²) in [6, 6.07) is 8.04. The second kappa shape index (κ2) is 5.07. The van der Waals surface area contributed by atoms with Crippen LogP contribution in [0.2, 0.25) is 0 Å². The first kappa shape index (κ1) is 12.4. The number of benzene rings is 1. The molecule has 0 radical (unpaired) electrons. The molecule has 0 heterocycles. The molecule has 0 amide bonds. The Kier molecular flexibility index (Phi) is 3.69. The maximum Gasteiger partial charge on any atom is 0.118 e. The third-order valence-corrected chi connectivity index (χ3v) is 4.16.